The minimum absolute atomic E-state index is 0.104. The Morgan fingerprint density at radius 2 is 1.91 bits per heavy atom. The van der Waals surface area contributed by atoms with Crippen LogP contribution in [0.5, 0.6) is 0 Å². The van der Waals surface area contributed by atoms with Crippen LogP contribution in [0.25, 0.3) is 0 Å². The van der Waals surface area contributed by atoms with Crippen LogP contribution in [0.15, 0.2) is 28.7 Å². The maximum absolute atomic E-state index is 10.6. The second kappa shape index (κ2) is 3.93. The fourth-order valence-electron chi connectivity index (χ4n) is 0.777. The molecule has 0 unspecified atom stereocenters. The van der Waals surface area contributed by atoms with E-state index >= 15 is 0 Å². The maximum atomic E-state index is 10.6. The lowest BCUT2D eigenvalue weighted by atomic mass is 10.2. The van der Waals surface area contributed by atoms with Crippen LogP contribution in [0, 0.1) is 0 Å². The lowest BCUT2D eigenvalue weighted by Crippen LogP contribution is -1.92. The lowest BCUT2D eigenvalue weighted by molar-refractivity contribution is -0.110. The van der Waals surface area contributed by atoms with Gasteiger partial charge in [-0.3, -0.25) is 4.79 Å². The van der Waals surface area contributed by atoms with Crippen LogP contribution >= 0.6 is 28.6 Å². The molecule has 1 aromatic carbocycles. The monoisotopic (exact) mass is 230 g/mol. The molecule has 0 aliphatic heterocycles. The summed E-state index contributed by atoms with van der Waals surface area (Å²) in [6, 6.07) is 7.62. The molecular formula is C8H7BrOS. The zero-order valence-corrected chi connectivity index (χ0v) is 8.23. The molecule has 0 heterocycles. The second-order valence-corrected chi connectivity index (χ2v) is 3.61. The first-order chi connectivity index (χ1) is 5.18. The van der Waals surface area contributed by atoms with Gasteiger partial charge in [0.15, 0.2) is 5.12 Å². The van der Waals surface area contributed by atoms with Gasteiger partial charge in [-0.1, -0.05) is 28.1 Å². The van der Waals surface area contributed by atoms with E-state index in [2.05, 4.69) is 28.6 Å². The first-order valence-corrected chi connectivity index (χ1v) is 4.39. The molecule has 0 bridgehead atoms. The summed E-state index contributed by atoms with van der Waals surface area (Å²) in [4.78, 5) is 10.6. The molecule has 0 spiro atoms. The van der Waals surface area contributed by atoms with Crippen molar-refractivity contribution < 1.29 is 4.79 Å². The molecule has 0 fully saturated rings. The number of carbonyl (C=O) groups is 1. The van der Waals surface area contributed by atoms with E-state index < -0.39 is 0 Å². The molecule has 58 valence electrons. The highest BCUT2D eigenvalue weighted by Crippen LogP contribution is 2.11. The van der Waals surface area contributed by atoms with E-state index in [9.17, 15) is 4.79 Å². The smallest absolute Gasteiger partial charge is 0.190 e. The SMILES string of the molecule is O=C(S)Cc1ccc(Br)cc1. The van der Waals surface area contributed by atoms with Crippen LogP contribution < -0.4 is 0 Å². The summed E-state index contributed by atoms with van der Waals surface area (Å²) in [6.07, 6.45) is 0.399. The van der Waals surface area contributed by atoms with Gasteiger partial charge in [-0.2, -0.15) is 0 Å². The Bertz CT molecular complexity index is 255. The standard InChI is InChI=1S/C8H7BrOS/c9-7-3-1-6(2-4-7)5-8(10)11/h1-4H,5H2,(H,10,11). The number of rotatable bonds is 2. The van der Waals surface area contributed by atoms with E-state index in [0.29, 0.717) is 6.42 Å². The van der Waals surface area contributed by atoms with E-state index in [0.717, 1.165) is 10.0 Å². The highest BCUT2D eigenvalue weighted by molar-refractivity contribution is 9.10. The van der Waals surface area contributed by atoms with Crippen molar-refractivity contribution >= 4 is 33.7 Å². The number of hydrogen-bond acceptors (Lipinski definition) is 1. The van der Waals surface area contributed by atoms with E-state index in [1.54, 1.807) is 0 Å². The van der Waals surface area contributed by atoms with Crippen molar-refractivity contribution in [2.75, 3.05) is 0 Å². The van der Waals surface area contributed by atoms with Crippen molar-refractivity contribution in [2.45, 2.75) is 6.42 Å². The summed E-state index contributed by atoms with van der Waals surface area (Å²) in [5.74, 6) is 0. The molecule has 0 atom stereocenters. The number of thiol groups is 1. The Balaban J connectivity index is 2.74. The molecule has 11 heavy (non-hydrogen) atoms. The van der Waals surface area contributed by atoms with Crippen molar-refractivity contribution in [1.82, 2.24) is 0 Å². The van der Waals surface area contributed by atoms with Gasteiger partial charge < -0.3 is 0 Å². The number of carbonyl (C=O) groups excluding carboxylic acids is 1. The number of benzene rings is 1. The zero-order chi connectivity index (χ0) is 8.27. The average molecular weight is 231 g/mol. The minimum atomic E-state index is -0.104. The molecule has 0 N–H and O–H groups in total. The molecule has 0 aliphatic rings. The van der Waals surface area contributed by atoms with Gasteiger partial charge in [-0.05, 0) is 17.7 Å². The van der Waals surface area contributed by atoms with E-state index in [-0.39, 0.29) is 5.12 Å². The highest BCUT2D eigenvalue weighted by atomic mass is 79.9. The molecule has 0 aliphatic carbocycles. The largest absolute Gasteiger partial charge is 0.287 e. The van der Waals surface area contributed by atoms with E-state index in [1.165, 1.54) is 0 Å². The summed E-state index contributed by atoms with van der Waals surface area (Å²) in [6.45, 7) is 0. The number of halogens is 1. The quantitative estimate of drug-likeness (QED) is 0.773. The van der Waals surface area contributed by atoms with Crippen LogP contribution in [0.3, 0.4) is 0 Å². The molecule has 1 rings (SSSR count). The molecule has 1 aromatic rings. The fourth-order valence-corrected chi connectivity index (χ4v) is 1.22. The predicted octanol–water partition coefficient (Wildman–Crippen LogP) is 2.45. The third-order valence-electron chi connectivity index (χ3n) is 1.27. The Morgan fingerprint density at radius 3 is 2.36 bits per heavy atom. The van der Waals surface area contributed by atoms with Gasteiger partial charge in [0, 0.05) is 10.9 Å². The van der Waals surface area contributed by atoms with Crippen molar-refractivity contribution in [3.63, 3.8) is 0 Å². The Labute approximate surface area is 79.3 Å². The van der Waals surface area contributed by atoms with Crippen LogP contribution in [-0.2, 0) is 11.2 Å². The Hall–Kier alpha value is -0.280. The van der Waals surface area contributed by atoms with Crippen molar-refractivity contribution in [3.05, 3.63) is 34.3 Å². The third kappa shape index (κ3) is 3.08. The lowest BCUT2D eigenvalue weighted by Gasteiger charge is -1.95. The van der Waals surface area contributed by atoms with Crippen molar-refractivity contribution in [1.29, 1.82) is 0 Å². The van der Waals surface area contributed by atoms with Crippen molar-refractivity contribution in [3.8, 4) is 0 Å². The molecule has 0 amide bonds. The van der Waals surface area contributed by atoms with Gasteiger partial charge >= 0.3 is 0 Å². The Morgan fingerprint density at radius 1 is 1.36 bits per heavy atom. The highest BCUT2D eigenvalue weighted by Gasteiger charge is 1.96. The predicted molar refractivity (Wildman–Crippen MR) is 51.8 cm³/mol. The zero-order valence-electron chi connectivity index (χ0n) is 5.75. The molecule has 0 aromatic heterocycles. The van der Waals surface area contributed by atoms with Gasteiger partial charge in [0.1, 0.15) is 0 Å². The fraction of sp³-hybridized carbons (Fsp3) is 0.125. The summed E-state index contributed by atoms with van der Waals surface area (Å²) in [5, 5.41) is -0.104. The molecule has 0 radical (unpaired) electrons. The summed E-state index contributed by atoms with van der Waals surface area (Å²) < 4.78 is 1.02. The van der Waals surface area contributed by atoms with E-state index in [1.807, 2.05) is 24.3 Å². The van der Waals surface area contributed by atoms with Crippen LogP contribution in [0.4, 0.5) is 0 Å². The second-order valence-electron chi connectivity index (χ2n) is 2.20. The van der Waals surface area contributed by atoms with Gasteiger partial charge in [-0.15, -0.1) is 12.6 Å². The van der Waals surface area contributed by atoms with Crippen molar-refractivity contribution in [2.24, 2.45) is 0 Å². The minimum Gasteiger partial charge on any atom is -0.287 e. The topological polar surface area (TPSA) is 17.1 Å². The maximum Gasteiger partial charge on any atom is 0.190 e. The van der Waals surface area contributed by atoms with Crippen LogP contribution in [0.1, 0.15) is 5.56 Å². The third-order valence-corrected chi connectivity index (χ3v) is 1.96. The molecular weight excluding hydrogens is 224 g/mol. The summed E-state index contributed by atoms with van der Waals surface area (Å²) >= 11 is 6.99. The molecule has 0 saturated carbocycles. The summed E-state index contributed by atoms with van der Waals surface area (Å²) in [7, 11) is 0. The van der Waals surface area contributed by atoms with Gasteiger partial charge in [0.25, 0.3) is 0 Å². The first kappa shape index (κ1) is 8.81. The average Bonchev–Trinajstić information content (AvgIpc) is 1.93. The van der Waals surface area contributed by atoms with E-state index in [4.69, 9.17) is 0 Å². The van der Waals surface area contributed by atoms with Gasteiger partial charge in [0.2, 0.25) is 0 Å². The van der Waals surface area contributed by atoms with Crippen LogP contribution in [-0.4, -0.2) is 5.12 Å². The number of hydrogen-bond donors (Lipinski definition) is 1. The molecule has 0 saturated heterocycles. The van der Waals surface area contributed by atoms with Gasteiger partial charge in [-0.25, -0.2) is 0 Å². The van der Waals surface area contributed by atoms with Gasteiger partial charge in [0.05, 0.1) is 0 Å². The normalized spacial score (nSPS) is 9.64. The first-order valence-electron chi connectivity index (χ1n) is 3.15. The van der Waals surface area contributed by atoms with Crippen LogP contribution in [0.2, 0.25) is 0 Å². The summed E-state index contributed by atoms with van der Waals surface area (Å²) in [5.41, 5.74) is 0.994. The molecule has 1 nitrogen and oxygen atoms in total. The molecule has 3 heteroatoms. The Kier molecular flexibility index (Phi) is 3.15.